The van der Waals surface area contributed by atoms with Gasteiger partial charge in [0.25, 0.3) is 5.56 Å². The van der Waals surface area contributed by atoms with Gasteiger partial charge in [-0.05, 0) is 40.6 Å². The van der Waals surface area contributed by atoms with Gasteiger partial charge in [0.1, 0.15) is 0 Å². The second kappa shape index (κ2) is 4.82. The van der Waals surface area contributed by atoms with Gasteiger partial charge in [-0.25, -0.2) is 0 Å². The lowest BCUT2D eigenvalue weighted by Gasteiger charge is -2.07. The highest BCUT2D eigenvalue weighted by atomic mass is 127. The molecule has 0 aliphatic rings. The largest absolute Gasteiger partial charge is 0.310 e. The van der Waals surface area contributed by atoms with Gasteiger partial charge in [0, 0.05) is 15.8 Å². The molecule has 3 heteroatoms. The lowest BCUT2D eigenvalue weighted by Crippen LogP contribution is -2.20. The lowest BCUT2D eigenvalue weighted by molar-refractivity contribution is 0.753. The SMILES string of the molecule is Cc1cc(=O)n(Cc2ccccc2)cc1I. The summed E-state index contributed by atoms with van der Waals surface area (Å²) in [5.41, 5.74) is 2.24. The van der Waals surface area contributed by atoms with Crippen LogP contribution in [0, 0.1) is 10.5 Å². The molecule has 0 spiro atoms. The fourth-order valence-corrected chi connectivity index (χ4v) is 2.03. The Labute approximate surface area is 108 Å². The van der Waals surface area contributed by atoms with Crippen molar-refractivity contribution in [3.05, 3.63) is 67.6 Å². The zero-order valence-corrected chi connectivity index (χ0v) is 11.1. The van der Waals surface area contributed by atoms with Crippen molar-refractivity contribution in [1.29, 1.82) is 0 Å². The predicted octanol–water partition coefficient (Wildman–Crippen LogP) is 2.81. The van der Waals surface area contributed by atoms with E-state index in [4.69, 9.17) is 0 Å². The summed E-state index contributed by atoms with van der Waals surface area (Å²) in [5, 5.41) is 0. The van der Waals surface area contributed by atoms with Crippen molar-refractivity contribution in [3.8, 4) is 0 Å². The minimum Gasteiger partial charge on any atom is -0.310 e. The van der Waals surface area contributed by atoms with Crippen LogP contribution in [0.25, 0.3) is 0 Å². The molecule has 0 aliphatic heterocycles. The van der Waals surface area contributed by atoms with Crippen molar-refractivity contribution in [1.82, 2.24) is 4.57 Å². The Morgan fingerprint density at radius 1 is 1.25 bits per heavy atom. The van der Waals surface area contributed by atoms with E-state index >= 15 is 0 Å². The van der Waals surface area contributed by atoms with E-state index < -0.39 is 0 Å². The first-order valence-electron chi connectivity index (χ1n) is 5.07. The first-order valence-corrected chi connectivity index (χ1v) is 6.15. The highest BCUT2D eigenvalue weighted by Crippen LogP contribution is 2.08. The summed E-state index contributed by atoms with van der Waals surface area (Å²) in [6, 6.07) is 11.7. The van der Waals surface area contributed by atoms with Crippen LogP contribution in [-0.2, 0) is 6.54 Å². The smallest absolute Gasteiger partial charge is 0.251 e. The standard InChI is InChI=1S/C13H12INO/c1-10-7-13(16)15(9-12(10)14)8-11-5-3-2-4-6-11/h2-7,9H,8H2,1H3. The Hall–Kier alpha value is -1.10. The number of pyridine rings is 1. The molecule has 0 N–H and O–H groups in total. The molecule has 2 aromatic rings. The van der Waals surface area contributed by atoms with Crippen LogP contribution in [0.5, 0.6) is 0 Å². The summed E-state index contributed by atoms with van der Waals surface area (Å²) in [6.07, 6.45) is 1.91. The molecule has 0 radical (unpaired) electrons. The van der Waals surface area contributed by atoms with Crippen LogP contribution in [-0.4, -0.2) is 4.57 Å². The number of nitrogens with zero attached hydrogens (tertiary/aromatic N) is 1. The average Bonchev–Trinajstić information content (AvgIpc) is 2.27. The van der Waals surface area contributed by atoms with Crippen molar-refractivity contribution in [3.63, 3.8) is 0 Å². The van der Waals surface area contributed by atoms with Gasteiger partial charge in [-0.3, -0.25) is 4.79 Å². The number of hydrogen-bond donors (Lipinski definition) is 0. The normalized spacial score (nSPS) is 10.4. The maximum absolute atomic E-state index is 11.8. The van der Waals surface area contributed by atoms with Crippen molar-refractivity contribution in [2.45, 2.75) is 13.5 Å². The number of rotatable bonds is 2. The van der Waals surface area contributed by atoms with E-state index in [0.717, 1.165) is 14.7 Å². The van der Waals surface area contributed by atoms with Crippen LogP contribution in [0.4, 0.5) is 0 Å². The van der Waals surface area contributed by atoms with E-state index in [0.29, 0.717) is 6.54 Å². The summed E-state index contributed by atoms with van der Waals surface area (Å²) in [7, 11) is 0. The van der Waals surface area contributed by atoms with Crippen LogP contribution in [0.1, 0.15) is 11.1 Å². The Morgan fingerprint density at radius 3 is 2.62 bits per heavy atom. The van der Waals surface area contributed by atoms with E-state index in [9.17, 15) is 4.79 Å². The average molecular weight is 325 g/mol. The van der Waals surface area contributed by atoms with Crippen molar-refractivity contribution < 1.29 is 0 Å². The zero-order chi connectivity index (χ0) is 11.5. The zero-order valence-electron chi connectivity index (χ0n) is 8.98. The molecule has 0 aliphatic carbocycles. The third-order valence-electron chi connectivity index (χ3n) is 2.46. The number of aromatic nitrogens is 1. The predicted molar refractivity (Wildman–Crippen MR) is 73.7 cm³/mol. The molecule has 16 heavy (non-hydrogen) atoms. The van der Waals surface area contributed by atoms with Crippen LogP contribution in [0.2, 0.25) is 0 Å². The van der Waals surface area contributed by atoms with Gasteiger partial charge >= 0.3 is 0 Å². The minimum absolute atomic E-state index is 0.0572. The molecule has 1 aromatic heterocycles. The third kappa shape index (κ3) is 2.52. The van der Waals surface area contributed by atoms with Gasteiger partial charge in [-0.1, -0.05) is 30.3 Å². The van der Waals surface area contributed by atoms with Gasteiger partial charge in [-0.15, -0.1) is 0 Å². The summed E-state index contributed by atoms with van der Waals surface area (Å²) >= 11 is 2.25. The van der Waals surface area contributed by atoms with Gasteiger partial charge in [0.2, 0.25) is 0 Å². The lowest BCUT2D eigenvalue weighted by atomic mass is 10.2. The Balaban J connectivity index is 2.36. The number of hydrogen-bond acceptors (Lipinski definition) is 1. The van der Waals surface area contributed by atoms with Crippen molar-refractivity contribution in [2.75, 3.05) is 0 Å². The van der Waals surface area contributed by atoms with E-state index in [1.54, 1.807) is 10.6 Å². The molecule has 0 saturated heterocycles. The molecule has 2 nitrogen and oxygen atoms in total. The maximum Gasteiger partial charge on any atom is 0.251 e. The molecule has 0 amide bonds. The van der Waals surface area contributed by atoms with Crippen LogP contribution < -0.4 is 5.56 Å². The highest BCUT2D eigenvalue weighted by molar-refractivity contribution is 14.1. The number of benzene rings is 1. The van der Waals surface area contributed by atoms with E-state index in [-0.39, 0.29) is 5.56 Å². The van der Waals surface area contributed by atoms with Gasteiger partial charge < -0.3 is 4.57 Å². The summed E-state index contributed by atoms with van der Waals surface area (Å²) < 4.78 is 2.86. The van der Waals surface area contributed by atoms with E-state index in [1.165, 1.54) is 0 Å². The molecule has 82 valence electrons. The topological polar surface area (TPSA) is 22.0 Å². The second-order valence-corrected chi connectivity index (χ2v) is 4.92. The van der Waals surface area contributed by atoms with Gasteiger partial charge in [-0.2, -0.15) is 0 Å². The van der Waals surface area contributed by atoms with Crippen molar-refractivity contribution >= 4 is 22.6 Å². The minimum atomic E-state index is 0.0572. The van der Waals surface area contributed by atoms with E-state index in [1.807, 2.05) is 43.5 Å². The molecule has 2 rings (SSSR count). The van der Waals surface area contributed by atoms with Gasteiger partial charge in [0.15, 0.2) is 0 Å². The van der Waals surface area contributed by atoms with Crippen LogP contribution in [0.15, 0.2) is 47.4 Å². The Bertz CT molecular complexity index is 546. The molecular weight excluding hydrogens is 313 g/mol. The first-order chi connectivity index (χ1) is 7.66. The fraction of sp³-hybridized carbons (Fsp3) is 0.154. The first kappa shape index (κ1) is 11.4. The number of aryl methyl sites for hydroxylation is 1. The molecule has 0 fully saturated rings. The highest BCUT2D eigenvalue weighted by Gasteiger charge is 2.01. The summed E-state index contributed by atoms with van der Waals surface area (Å²) in [6.45, 7) is 2.59. The third-order valence-corrected chi connectivity index (χ3v) is 3.59. The molecule has 1 aromatic carbocycles. The quantitative estimate of drug-likeness (QED) is 0.779. The molecule has 0 bridgehead atoms. The molecule has 0 atom stereocenters. The maximum atomic E-state index is 11.8. The molecule has 0 saturated carbocycles. The summed E-state index contributed by atoms with van der Waals surface area (Å²) in [4.78, 5) is 11.8. The van der Waals surface area contributed by atoms with E-state index in [2.05, 4.69) is 22.6 Å². The molecular formula is C13H12INO. The Morgan fingerprint density at radius 2 is 1.94 bits per heavy atom. The summed E-state index contributed by atoms with van der Waals surface area (Å²) in [5.74, 6) is 0. The van der Waals surface area contributed by atoms with Crippen molar-refractivity contribution in [2.24, 2.45) is 0 Å². The van der Waals surface area contributed by atoms with Crippen LogP contribution >= 0.6 is 22.6 Å². The molecule has 1 heterocycles. The van der Waals surface area contributed by atoms with Gasteiger partial charge in [0.05, 0.1) is 6.54 Å². The molecule has 0 unspecified atom stereocenters. The monoisotopic (exact) mass is 325 g/mol. The second-order valence-electron chi connectivity index (χ2n) is 3.76. The fourth-order valence-electron chi connectivity index (χ4n) is 1.54. The number of halogens is 1. The van der Waals surface area contributed by atoms with Crippen LogP contribution in [0.3, 0.4) is 0 Å². The Kier molecular flexibility index (Phi) is 3.43.